The lowest BCUT2D eigenvalue weighted by atomic mass is 10.3. The van der Waals surface area contributed by atoms with Gasteiger partial charge in [-0.2, -0.15) is 0 Å². The maximum atomic E-state index is 11.3. The molecular weight excluding hydrogens is 218 g/mol. The highest BCUT2D eigenvalue weighted by Crippen LogP contribution is 2.17. The van der Waals surface area contributed by atoms with E-state index in [1.54, 1.807) is 6.92 Å². The van der Waals surface area contributed by atoms with Crippen LogP contribution in [0.2, 0.25) is 0 Å². The number of ether oxygens (including phenoxy) is 1. The van der Waals surface area contributed by atoms with Crippen molar-refractivity contribution in [3.8, 4) is 0 Å². The summed E-state index contributed by atoms with van der Waals surface area (Å²) in [5.41, 5.74) is 7.59. The number of imidazole rings is 1. The van der Waals surface area contributed by atoms with Crippen molar-refractivity contribution in [2.24, 2.45) is 0 Å². The first-order chi connectivity index (χ1) is 8.22. The number of anilines is 1. The number of para-hydroxylation sites is 2. The summed E-state index contributed by atoms with van der Waals surface area (Å²) in [6, 6.07) is 7.66. The third kappa shape index (κ3) is 2.38. The number of carbonyl (C=O) groups excluding carboxylic acids is 1. The molecule has 0 aliphatic carbocycles. The van der Waals surface area contributed by atoms with E-state index in [1.807, 2.05) is 28.8 Å². The molecule has 5 heteroatoms. The number of carbonyl (C=O) groups is 1. The molecule has 0 spiro atoms. The van der Waals surface area contributed by atoms with Gasteiger partial charge in [0.2, 0.25) is 5.95 Å². The second kappa shape index (κ2) is 4.86. The van der Waals surface area contributed by atoms with Gasteiger partial charge in [-0.3, -0.25) is 4.79 Å². The number of rotatable bonds is 4. The van der Waals surface area contributed by atoms with Gasteiger partial charge in [0, 0.05) is 6.54 Å². The van der Waals surface area contributed by atoms with E-state index >= 15 is 0 Å². The monoisotopic (exact) mass is 233 g/mol. The van der Waals surface area contributed by atoms with Crippen LogP contribution in [0.3, 0.4) is 0 Å². The molecule has 0 amide bonds. The Labute approximate surface area is 99.2 Å². The Morgan fingerprint density at radius 3 is 3.00 bits per heavy atom. The Kier molecular flexibility index (Phi) is 3.27. The Balaban J connectivity index is 2.18. The zero-order chi connectivity index (χ0) is 12.3. The van der Waals surface area contributed by atoms with Gasteiger partial charge in [0.1, 0.15) is 0 Å². The van der Waals surface area contributed by atoms with Crippen LogP contribution in [0.15, 0.2) is 24.3 Å². The van der Waals surface area contributed by atoms with Crippen molar-refractivity contribution >= 4 is 23.0 Å². The molecule has 0 fully saturated rings. The Bertz CT molecular complexity index is 534. The van der Waals surface area contributed by atoms with Crippen LogP contribution < -0.4 is 5.73 Å². The number of fused-ring (bicyclic) bond motifs is 1. The lowest BCUT2D eigenvalue weighted by Crippen LogP contribution is -2.10. The maximum absolute atomic E-state index is 11.3. The van der Waals surface area contributed by atoms with Crippen molar-refractivity contribution in [3.63, 3.8) is 0 Å². The summed E-state index contributed by atoms with van der Waals surface area (Å²) in [6.07, 6.45) is 0.304. The summed E-state index contributed by atoms with van der Waals surface area (Å²) in [7, 11) is 0. The molecule has 0 aliphatic rings. The van der Waals surface area contributed by atoms with E-state index in [4.69, 9.17) is 10.5 Å². The number of nitrogens with two attached hydrogens (primary N) is 1. The highest BCUT2D eigenvalue weighted by atomic mass is 16.5. The molecule has 0 saturated carbocycles. The van der Waals surface area contributed by atoms with E-state index in [0.29, 0.717) is 25.5 Å². The van der Waals surface area contributed by atoms with Gasteiger partial charge < -0.3 is 15.0 Å². The largest absolute Gasteiger partial charge is 0.466 e. The van der Waals surface area contributed by atoms with Crippen LogP contribution >= 0.6 is 0 Å². The molecule has 17 heavy (non-hydrogen) atoms. The third-order valence-electron chi connectivity index (χ3n) is 2.53. The molecule has 2 N–H and O–H groups in total. The lowest BCUT2D eigenvalue weighted by Gasteiger charge is -2.05. The molecule has 0 aliphatic heterocycles. The van der Waals surface area contributed by atoms with E-state index in [9.17, 15) is 4.79 Å². The van der Waals surface area contributed by atoms with Gasteiger partial charge in [0.15, 0.2) is 0 Å². The van der Waals surface area contributed by atoms with Gasteiger partial charge >= 0.3 is 5.97 Å². The summed E-state index contributed by atoms with van der Waals surface area (Å²) < 4.78 is 6.70. The van der Waals surface area contributed by atoms with Crippen molar-refractivity contribution in [1.29, 1.82) is 0 Å². The average molecular weight is 233 g/mol. The number of hydrogen-bond acceptors (Lipinski definition) is 4. The van der Waals surface area contributed by atoms with E-state index in [2.05, 4.69) is 4.98 Å². The first kappa shape index (κ1) is 11.4. The Morgan fingerprint density at radius 2 is 2.24 bits per heavy atom. The summed E-state index contributed by atoms with van der Waals surface area (Å²) in [5.74, 6) is 0.208. The molecule has 1 heterocycles. The first-order valence-electron chi connectivity index (χ1n) is 5.58. The van der Waals surface area contributed by atoms with Gasteiger partial charge in [0.05, 0.1) is 24.1 Å². The van der Waals surface area contributed by atoms with Crippen molar-refractivity contribution in [3.05, 3.63) is 24.3 Å². The second-order valence-electron chi connectivity index (χ2n) is 3.67. The molecule has 1 aromatic heterocycles. The van der Waals surface area contributed by atoms with Crippen molar-refractivity contribution in [1.82, 2.24) is 9.55 Å². The van der Waals surface area contributed by atoms with Crippen molar-refractivity contribution in [2.75, 3.05) is 12.3 Å². The molecule has 0 unspecified atom stereocenters. The maximum Gasteiger partial charge on any atom is 0.307 e. The van der Waals surface area contributed by atoms with Crippen LogP contribution in [0, 0.1) is 0 Å². The topological polar surface area (TPSA) is 70.1 Å². The molecule has 90 valence electrons. The van der Waals surface area contributed by atoms with Gasteiger partial charge in [-0.15, -0.1) is 0 Å². The number of benzene rings is 1. The van der Waals surface area contributed by atoms with Gasteiger partial charge in [0.25, 0.3) is 0 Å². The predicted octanol–water partition coefficient (Wildman–Crippen LogP) is 1.57. The van der Waals surface area contributed by atoms with Crippen LogP contribution in [0.4, 0.5) is 5.95 Å². The normalized spacial score (nSPS) is 10.6. The summed E-state index contributed by atoms with van der Waals surface area (Å²) in [6.45, 7) is 2.68. The zero-order valence-electron chi connectivity index (χ0n) is 9.72. The Morgan fingerprint density at radius 1 is 1.47 bits per heavy atom. The minimum absolute atomic E-state index is 0.218. The van der Waals surface area contributed by atoms with Gasteiger partial charge in [-0.25, -0.2) is 4.98 Å². The number of aryl methyl sites for hydroxylation is 1. The summed E-state index contributed by atoms with van der Waals surface area (Å²) >= 11 is 0. The molecule has 0 radical (unpaired) electrons. The number of nitrogens with zero attached hydrogens (tertiary/aromatic N) is 2. The molecule has 0 saturated heterocycles. The predicted molar refractivity (Wildman–Crippen MR) is 65.4 cm³/mol. The smallest absolute Gasteiger partial charge is 0.307 e. The highest BCUT2D eigenvalue weighted by molar-refractivity contribution is 5.78. The number of nitrogen functional groups attached to an aromatic ring is 1. The molecule has 2 aromatic rings. The lowest BCUT2D eigenvalue weighted by molar-refractivity contribution is -0.143. The minimum atomic E-state index is -0.218. The Hall–Kier alpha value is -2.04. The standard InChI is InChI=1S/C12H15N3O2/c1-2-17-11(16)7-8-15-10-6-4-3-5-9(10)14-12(15)13/h3-6H,2,7-8H2,1H3,(H2,13,14). The number of esters is 1. The fourth-order valence-electron chi connectivity index (χ4n) is 1.77. The summed E-state index contributed by atoms with van der Waals surface area (Å²) in [4.78, 5) is 15.5. The summed E-state index contributed by atoms with van der Waals surface area (Å²) in [5, 5.41) is 0. The van der Waals surface area contributed by atoms with E-state index in [-0.39, 0.29) is 5.97 Å². The fraction of sp³-hybridized carbons (Fsp3) is 0.333. The zero-order valence-corrected chi connectivity index (χ0v) is 9.72. The molecule has 0 atom stereocenters. The first-order valence-corrected chi connectivity index (χ1v) is 5.58. The van der Waals surface area contributed by atoms with Gasteiger partial charge in [-0.05, 0) is 19.1 Å². The van der Waals surface area contributed by atoms with E-state index < -0.39 is 0 Å². The molecule has 0 bridgehead atoms. The van der Waals surface area contributed by atoms with Crippen molar-refractivity contribution in [2.45, 2.75) is 19.9 Å². The van der Waals surface area contributed by atoms with E-state index in [1.165, 1.54) is 0 Å². The van der Waals surface area contributed by atoms with Crippen LogP contribution in [0.25, 0.3) is 11.0 Å². The second-order valence-corrected chi connectivity index (χ2v) is 3.67. The molecule has 2 rings (SSSR count). The van der Waals surface area contributed by atoms with Crippen LogP contribution in [0.1, 0.15) is 13.3 Å². The van der Waals surface area contributed by atoms with Crippen LogP contribution in [-0.4, -0.2) is 22.1 Å². The highest BCUT2D eigenvalue weighted by Gasteiger charge is 2.09. The SMILES string of the molecule is CCOC(=O)CCn1c(N)nc2ccccc21. The van der Waals surface area contributed by atoms with E-state index in [0.717, 1.165) is 11.0 Å². The average Bonchev–Trinajstić information content (AvgIpc) is 2.62. The fourth-order valence-corrected chi connectivity index (χ4v) is 1.77. The minimum Gasteiger partial charge on any atom is -0.466 e. The third-order valence-corrected chi connectivity index (χ3v) is 2.53. The van der Waals surface area contributed by atoms with Gasteiger partial charge in [-0.1, -0.05) is 12.1 Å². The number of hydrogen-bond donors (Lipinski definition) is 1. The van der Waals surface area contributed by atoms with Crippen LogP contribution in [0.5, 0.6) is 0 Å². The van der Waals surface area contributed by atoms with Crippen molar-refractivity contribution < 1.29 is 9.53 Å². The number of aromatic nitrogens is 2. The molecule has 5 nitrogen and oxygen atoms in total. The quantitative estimate of drug-likeness (QED) is 0.814. The molecular formula is C12H15N3O2. The molecule has 1 aromatic carbocycles. The van der Waals surface area contributed by atoms with Crippen LogP contribution in [-0.2, 0) is 16.1 Å².